The van der Waals surface area contributed by atoms with Crippen LogP contribution >= 0.6 is 0 Å². The topological polar surface area (TPSA) is 81.7 Å². The number of nitrogens with zero attached hydrogens (tertiary/aromatic N) is 1. The van der Waals surface area contributed by atoms with Gasteiger partial charge < -0.3 is 15.7 Å². The molecule has 3 N–H and O–H groups in total. The molecule has 0 radical (unpaired) electrons. The minimum absolute atomic E-state index is 0.0416. The van der Waals surface area contributed by atoms with E-state index < -0.39 is 12.0 Å². The molecule has 6 heteroatoms. The average Bonchev–Trinajstić information content (AvgIpc) is 2.40. The molecule has 1 atom stereocenters. The molecule has 2 fully saturated rings. The molecule has 19 heavy (non-hydrogen) atoms. The molecule has 1 heterocycles. The molecular formula is C13H23N3O3. The minimum Gasteiger partial charge on any atom is -0.480 e. The van der Waals surface area contributed by atoms with E-state index in [0.717, 1.165) is 19.4 Å². The quantitative estimate of drug-likeness (QED) is 0.658. The summed E-state index contributed by atoms with van der Waals surface area (Å²) in [6.07, 6.45) is 5.71. The summed E-state index contributed by atoms with van der Waals surface area (Å²) >= 11 is 0. The molecule has 0 spiro atoms. The normalized spacial score (nSPS) is 26.0. The highest BCUT2D eigenvalue weighted by molar-refractivity contribution is 5.80. The molecule has 2 aliphatic rings. The van der Waals surface area contributed by atoms with Crippen LogP contribution in [0.4, 0.5) is 0 Å². The van der Waals surface area contributed by atoms with Gasteiger partial charge in [-0.3, -0.25) is 14.5 Å². The van der Waals surface area contributed by atoms with Crippen molar-refractivity contribution >= 4 is 11.9 Å². The Morgan fingerprint density at radius 3 is 2.68 bits per heavy atom. The Bertz CT molecular complexity index is 329. The van der Waals surface area contributed by atoms with Crippen LogP contribution in [0.15, 0.2) is 0 Å². The van der Waals surface area contributed by atoms with E-state index in [9.17, 15) is 9.59 Å². The van der Waals surface area contributed by atoms with E-state index in [1.54, 1.807) is 4.90 Å². The first-order valence-corrected chi connectivity index (χ1v) is 7.14. The molecule has 0 aromatic heterocycles. The first kappa shape index (κ1) is 14.3. The maximum Gasteiger partial charge on any atom is 0.322 e. The number of hydrogen-bond acceptors (Lipinski definition) is 4. The van der Waals surface area contributed by atoms with Gasteiger partial charge in [-0.1, -0.05) is 19.3 Å². The first-order valence-electron chi connectivity index (χ1n) is 7.14. The highest BCUT2D eigenvalue weighted by Crippen LogP contribution is 2.17. The van der Waals surface area contributed by atoms with E-state index in [2.05, 4.69) is 10.6 Å². The van der Waals surface area contributed by atoms with Gasteiger partial charge in [0, 0.05) is 25.7 Å². The molecule has 1 saturated heterocycles. The predicted molar refractivity (Wildman–Crippen MR) is 70.9 cm³/mol. The first-order chi connectivity index (χ1) is 9.16. The van der Waals surface area contributed by atoms with Crippen LogP contribution in [0.1, 0.15) is 32.1 Å². The third-order valence-corrected chi connectivity index (χ3v) is 3.96. The number of rotatable bonds is 4. The van der Waals surface area contributed by atoms with Crippen LogP contribution in [0, 0.1) is 0 Å². The number of hydrogen-bond donors (Lipinski definition) is 3. The van der Waals surface area contributed by atoms with Crippen LogP contribution in [0.2, 0.25) is 0 Å². The van der Waals surface area contributed by atoms with Crippen LogP contribution < -0.4 is 10.6 Å². The highest BCUT2D eigenvalue weighted by Gasteiger charge is 2.30. The molecule has 1 aliphatic heterocycles. The van der Waals surface area contributed by atoms with E-state index in [0.29, 0.717) is 13.1 Å². The standard InChI is InChI=1S/C13H23N3O3/c17-12(15-10-4-2-1-3-5-10)9-16-7-6-14-8-11(16)13(18)19/h10-11,14H,1-9H2,(H,15,17)(H,18,19). The fourth-order valence-corrected chi connectivity index (χ4v) is 2.88. The van der Waals surface area contributed by atoms with Crippen molar-refractivity contribution in [3.63, 3.8) is 0 Å². The van der Waals surface area contributed by atoms with E-state index in [1.165, 1.54) is 19.3 Å². The summed E-state index contributed by atoms with van der Waals surface area (Å²) in [6, 6.07) is -0.307. The molecule has 0 aromatic rings. The molecule has 1 amide bonds. The van der Waals surface area contributed by atoms with Gasteiger partial charge in [0.15, 0.2) is 0 Å². The smallest absolute Gasteiger partial charge is 0.322 e. The van der Waals surface area contributed by atoms with Crippen LogP contribution in [-0.2, 0) is 9.59 Å². The zero-order chi connectivity index (χ0) is 13.7. The lowest BCUT2D eigenvalue weighted by atomic mass is 9.95. The van der Waals surface area contributed by atoms with Crippen molar-refractivity contribution in [2.45, 2.75) is 44.2 Å². The second kappa shape index (κ2) is 6.86. The second-order valence-electron chi connectivity index (χ2n) is 5.43. The maximum absolute atomic E-state index is 12.0. The van der Waals surface area contributed by atoms with Crippen molar-refractivity contribution in [3.05, 3.63) is 0 Å². The Labute approximate surface area is 113 Å². The minimum atomic E-state index is -0.863. The van der Waals surface area contributed by atoms with Gasteiger partial charge in [-0.15, -0.1) is 0 Å². The predicted octanol–water partition coefficient (Wildman–Crippen LogP) is -0.206. The number of carbonyl (C=O) groups is 2. The van der Waals surface area contributed by atoms with Crippen LogP contribution in [0.3, 0.4) is 0 Å². The van der Waals surface area contributed by atoms with Crippen molar-refractivity contribution < 1.29 is 14.7 Å². The van der Waals surface area contributed by atoms with Gasteiger partial charge in [0.25, 0.3) is 0 Å². The van der Waals surface area contributed by atoms with Crippen LogP contribution in [0.5, 0.6) is 0 Å². The SMILES string of the molecule is O=C(CN1CCNCC1C(=O)O)NC1CCCCC1. The fourth-order valence-electron chi connectivity index (χ4n) is 2.88. The molecule has 108 valence electrons. The van der Waals surface area contributed by atoms with Crippen LogP contribution in [-0.4, -0.2) is 60.1 Å². The van der Waals surface area contributed by atoms with Gasteiger partial charge in [0.1, 0.15) is 6.04 Å². The maximum atomic E-state index is 12.0. The van der Waals surface area contributed by atoms with Gasteiger partial charge in [-0.2, -0.15) is 0 Å². The molecule has 1 unspecified atom stereocenters. The number of aliphatic carboxylic acids is 1. The van der Waals surface area contributed by atoms with Crippen molar-refractivity contribution in [1.29, 1.82) is 0 Å². The summed E-state index contributed by atoms with van der Waals surface area (Å²) in [5.41, 5.74) is 0. The lowest BCUT2D eigenvalue weighted by molar-refractivity contribution is -0.144. The van der Waals surface area contributed by atoms with E-state index in [4.69, 9.17) is 5.11 Å². The Morgan fingerprint density at radius 1 is 1.26 bits per heavy atom. The molecule has 1 aliphatic carbocycles. The lowest BCUT2D eigenvalue weighted by Gasteiger charge is -2.33. The van der Waals surface area contributed by atoms with E-state index >= 15 is 0 Å². The zero-order valence-electron chi connectivity index (χ0n) is 11.2. The summed E-state index contributed by atoms with van der Waals surface area (Å²) in [5, 5.41) is 15.2. The summed E-state index contributed by atoms with van der Waals surface area (Å²) in [6.45, 7) is 1.94. The number of piperazine rings is 1. The fraction of sp³-hybridized carbons (Fsp3) is 0.846. The molecule has 0 bridgehead atoms. The van der Waals surface area contributed by atoms with E-state index in [-0.39, 0.29) is 18.5 Å². The van der Waals surface area contributed by atoms with Crippen molar-refractivity contribution in [2.75, 3.05) is 26.2 Å². The number of nitrogens with one attached hydrogen (secondary N) is 2. The summed E-state index contributed by atoms with van der Waals surface area (Å²) < 4.78 is 0. The number of carboxylic acid groups (broad SMARTS) is 1. The number of carboxylic acids is 1. The zero-order valence-corrected chi connectivity index (χ0v) is 11.2. The third-order valence-electron chi connectivity index (χ3n) is 3.96. The average molecular weight is 269 g/mol. The van der Waals surface area contributed by atoms with Gasteiger partial charge in [0.2, 0.25) is 5.91 Å². The van der Waals surface area contributed by atoms with Crippen molar-refractivity contribution in [3.8, 4) is 0 Å². The Kier molecular flexibility index (Phi) is 5.15. The molecule has 6 nitrogen and oxygen atoms in total. The Balaban J connectivity index is 1.80. The monoisotopic (exact) mass is 269 g/mol. The summed E-state index contributed by atoms with van der Waals surface area (Å²) in [5.74, 6) is -0.905. The van der Waals surface area contributed by atoms with Gasteiger partial charge >= 0.3 is 5.97 Å². The lowest BCUT2D eigenvalue weighted by Crippen LogP contribution is -2.57. The second-order valence-corrected chi connectivity index (χ2v) is 5.43. The Hall–Kier alpha value is -1.14. The van der Waals surface area contributed by atoms with Gasteiger partial charge in [-0.25, -0.2) is 0 Å². The third kappa shape index (κ3) is 4.18. The van der Waals surface area contributed by atoms with E-state index in [1.807, 2.05) is 0 Å². The van der Waals surface area contributed by atoms with Crippen LogP contribution in [0.25, 0.3) is 0 Å². The van der Waals surface area contributed by atoms with Gasteiger partial charge in [0.05, 0.1) is 6.54 Å². The molecule has 0 aromatic carbocycles. The summed E-state index contributed by atoms with van der Waals surface area (Å²) in [7, 11) is 0. The number of carbonyl (C=O) groups excluding carboxylic acids is 1. The molecule has 1 saturated carbocycles. The van der Waals surface area contributed by atoms with Crippen molar-refractivity contribution in [1.82, 2.24) is 15.5 Å². The summed E-state index contributed by atoms with van der Waals surface area (Å²) in [4.78, 5) is 24.9. The van der Waals surface area contributed by atoms with Crippen molar-refractivity contribution in [2.24, 2.45) is 0 Å². The van der Waals surface area contributed by atoms with Gasteiger partial charge in [-0.05, 0) is 12.8 Å². The Morgan fingerprint density at radius 2 is 2.00 bits per heavy atom. The largest absolute Gasteiger partial charge is 0.480 e. The molecule has 2 rings (SSSR count). The highest BCUT2D eigenvalue weighted by atomic mass is 16.4. The number of amides is 1. The molecular weight excluding hydrogens is 246 g/mol.